The monoisotopic (exact) mass is 185 g/mol. The zero-order valence-electron chi connectivity index (χ0n) is 9.25. The first-order valence-corrected chi connectivity index (χ1v) is 5.56. The van der Waals surface area contributed by atoms with Gasteiger partial charge in [-0.15, -0.1) is 0 Å². The van der Waals surface area contributed by atoms with Gasteiger partial charge in [-0.05, 0) is 25.7 Å². The molecule has 0 aliphatic carbocycles. The van der Waals surface area contributed by atoms with Gasteiger partial charge in [0.25, 0.3) is 0 Å². The van der Waals surface area contributed by atoms with Gasteiger partial charge in [-0.25, -0.2) is 0 Å². The van der Waals surface area contributed by atoms with Gasteiger partial charge in [0.2, 0.25) is 0 Å². The third-order valence-corrected chi connectivity index (χ3v) is 2.56. The first-order valence-electron chi connectivity index (χ1n) is 5.56. The highest BCUT2D eigenvalue weighted by Crippen LogP contribution is 2.14. The van der Waals surface area contributed by atoms with Gasteiger partial charge in [0.15, 0.2) is 0 Å². The van der Waals surface area contributed by atoms with Crippen molar-refractivity contribution in [1.29, 1.82) is 0 Å². The second kappa shape index (κ2) is 5.61. The average molecular weight is 185 g/mol. The summed E-state index contributed by atoms with van der Waals surface area (Å²) in [6.45, 7) is 11.2. The molecule has 0 amide bonds. The molecule has 1 rings (SSSR count). The lowest BCUT2D eigenvalue weighted by molar-refractivity contribution is 0.0120. The molecule has 0 aromatic rings. The van der Waals surface area contributed by atoms with E-state index in [1.54, 1.807) is 0 Å². The Morgan fingerprint density at radius 3 is 2.38 bits per heavy atom. The van der Waals surface area contributed by atoms with Crippen molar-refractivity contribution in [2.24, 2.45) is 5.92 Å². The molecule has 2 nitrogen and oxygen atoms in total. The maximum atomic E-state index is 5.61. The Bertz CT molecular complexity index is 128. The standard InChI is InChI=1S/C11H23NO/c1-4-13-11-5-7-12(8-6-11)9-10(2)3/h10-11H,4-9H2,1-3H3. The third-order valence-electron chi connectivity index (χ3n) is 2.56. The molecule has 0 aromatic carbocycles. The van der Waals surface area contributed by atoms with Crippen LogP contribution in [0.2, 0.25) is 0 Å². The minimum atomic E-state index is 0.536. The van der Waals surface area contributed by atoms with Crippen LogP contribution in [0.5, 0.6) is 0 Å². The van der Waals surface area contributed by atoms with Crippen molar-refractivity contribution >= 4 is 0 Å². The van der Waals surface area contributed by atoms with Gasteiger partial charge in [0.05, 0.1) is 6.10 Å². The lowest BCUT2D eigenvalue weighted by atomic mass is 10.1. The van der Waals surface area contributed by atoms with E-state index in [2.05, 4.69) is 25.7 Å². The van der Waals surface area contributed by atoms with E-state index >= 15 is 0 Å². The van der Waals surface area contributed by atoms with Crippen LogP contribution in [-0.4, -0.2) is 37.2 Å². The summed E-state index contributed by atoms with van der Waals surface area (Å²) in [7, 11) is 0. The van der Waals surface area contributed by atoms with E-state index < -0.39 is 0 Å². The Balaban J connectivity index is 2.15. The fourth-order valence-corrected chi connectivity index (χ4v) is 2.01. The highest BCUT2D eigenvalue weighted by molar-refractivity contribution is 4.72. The van der Waals surface area contributed by atoms with Crippen LogP contribution in [0.15, 0.2) is 0 Å². The number of rotatable bonds is 4. The van der Waals surface area contributed by atoms with Crippen LogP contribution >= 0.6 is 0 Å². The van der Waals surface area contributed by atoms with Gasteiger partial charge in [0, 0.05) is 26.2 Å². The van der Waals surface area contributed by atoms with Crippen LogP contribution < -0.4 is 0 Å². The summed E-state index contributed by atoms with van der Waals surface area (Å²) in [5.74, 6) is 0.795. The highest BCUT2D eigenvalue weighted by Gasteiger charge is 2.19. The minimum Gasteiger partial charge on any atom is -0.378 e. The average Bonchev–Trinajstić information content (AvgIpc) is 2.08. The minimum absolute atomic E-state index is 0.536. The molecule has 78 valence electrons. The molecule has 0 atom stereocenters. The predicted molar refractivity (Wildman–Crippen MR) is 55.9 cm³/mol. The molecule has 1 heterocycles. The van der Waals surface area contributed by atoms with Gasteiger partial charge >= 0.3 is 0 Å². The summed E-state index contributed by atoms with van der Waals surface area (Å²) in [5.41, 5.74) is 0. The lowest BCUT2D eigenvalue weighted by Gasteiger charge is -2.32. The van der Waals surface area contributed by atoms with Gasteiger partial charge in [0.1, 0.15) is 0 Å². The number of hydrogen-bond acceptors (Lipinski definition) is 2. The number of hydrogen-bond donors (Lipinski definition) is 0. The summed E-state index contributed by atoms with van der Waals surface area (Å²) in [5, 5.41) is 0. The van der Waals surface area contributed by atoms with Crippen LogP contribution in [-0.2, 0) is 4.74 Å². The number of nitrogens with zero attached hydrogens (tertiary/aromatic N) is 1. The normalized spacial score (nSPS) is 21.2. The molecule has 13 heavy (non-hydrogen) atoms. The topological polar surface area (TPSA) is 12.5 Å². The molecule has 0 bridgehead atoms. The molecule has 1 fully saturated rings. The van der Waals surface area contributed by atoms with Crippen molar-refractivity contribution in [3.05, 3.63) is 0 Å². The molecular formula is C11H23NO. The van der Waals surface area contributed by atoms with Crippen LogP contribution in [0, 0.1) is 5.92 Å². The summed E-state index contributed by atoms with van der Waals surface area (Å²) in [6, 6.07) is 0. The molecule has 0 saturated carbocycles. The first-order chi connectivity index (χ1) is 6.22. The van der Waals surface area contributed by atoms with Crippen molar-refractivity contribution in [1.82, 2.24) is 4.90 Å². The number of piperidine rings is 1. The molecule has 1 saturated heterocycles. The highest BCUT2D eigenvalue weighted by atomic mass is 16.5. The Morgan fingerprint density at radius 2 is 1.92 bits per heavy atom. The lowest BCUT2D eigenvalue weighted by Crippen LogP contribution is -2.38. The van der Waals surface area contributed by atoms with E-state index in [0.717, 1.165) is 12.5 Å². The molecule has 1 aliphatic rings. The fraction of sp³-hybridized carbons (Fsp3) is 1.00. The van der Waals surface area contributed by atoms with E-state index in [9.17, 15) is 0 Å². The zero-order chi connectivity index (χ0) is 9.68. The van der Waals surface area contributed by atoms with Crippen LogP contribution in [0.3, 0.4) is 0 Å². The van der Waals surface area contributed by atoms with Crippen molar-refractivity contribution in [2.45, 2.75) is 39.7 Å². The Labute approximate surface area is 82.3 Å². The SMILES string of the molecule is CCOC1CCN(CC(C)C)CC1. The van der Waals surface area contributed by atoms with E-state index in [1.165, 1.54) is 32.5 Å². The molecule has 0 N–H and O–H groups in total. The second-order valence-corrected chi connectivity index (χ2v) is 4.35. The maximum absolute atomic E-state index is 5.61. The smallest absolute Gasteiger partial charge is 0.0599 e. The Kier molecular flexibility index (Phi) is 4.74. The van der Waals surface area contributed by atoms with E-state index in [-0.39, 0.29) is 0 Å². The summed E-state index contributed by atoms with van der Waals surface area (Å²) in [6.07, 6.45) is 2.98. The second-order valence-electron chi connectivity index (χ2n) is 4.35. The summed E-state index contributed by atoms with van der Waals surface area (Å²) >= 11 is 0. The molecular weight excluding hydrogens is 162 g/mol. The van der Waals surface area contributed by atoms with Crippen LogP contribution in [0.25, 0.3) is 0 Å². The fourth-order valence-electron chi connectivity index (χ4n) is 2.01. The van der Waals surface area contributed by atoms with Crippen LogP contribution in [0.1, 0.15) is 33.6 Å². The van der Waals surface area contributed by atoms with E-state index in [1.807, 2.05) is 0 Å². The Morgan fingerprint density at radius 1 is 1.31 bits per heavy atom. The number of likely N-dealkylation sites (tertiary alicyclic amines) is 1. The van der Waals surface area contributed by atoms with Gasteiger partial charge in [-0.2, -0.15) is 0 Å². The van der Waals surface area contributed by atoms with Crippen LogP contribution in [0.4, 0.5) is 0 Å². The molecule has 2 heteroatoms. The molecule has 0 radical (unpaired) electrons. The van der Waals surface area contributed by atoms with Crippen molar-refractivity contribution in [3.63, 3.8) is 0 Å². The molecule has 0 spiro atoms. The van der Waals surface area contributed by atoms with E-state index in [4.69, 9.17) is 4.74 Å². The predicted octanol–water partition coefficient (Wildman–Crippen LogP) is 2.14. The van der Waals surface area contributed by atoms with Gasteiger partial charge in [-0.1, -0.05) is 13.8 Å². The van der Waals surface area contributed by atoms with Crippen molar-refractivity contribution in [3.8, 4) is 0 Å². The quantitative estimate of drug-likeness (QED) is 0.665. The zero-order valence-corrected chi connectivity index (χ0v) is 9.25. The third kappa shape index (κ3) is 4.10. The summed E-state index contributed by atoms with van der Waals surface area (Å²) in [4.78, 5) is 2.56. The van der Waals surface area contributed by atoms with Gasteiger partial charge in [-0.3, -0.25) is 0 Å². The largest absolute Gasteiger partial charge is 0.378 e. The Hall–Kier alpha value is -0.0800. The maximum Gasteiger partial charge on any atom is 0.0599 e. The van der Waals surface area contributed by atoms with Crippen molar-refractivity contribution in [2.75, 3.05) is 26.2 Å². The van der Waals surface area contributed by atoms with E-state index in [0.29, 0.717) is 6.10 Å². The summed E-state index contributed by atoms with van der Waals surface area (Å²) < 4.78 is 5.61. The number of ether oxygens (including phenoxy) is 1. The molecule has 0 unspecified atom stereocenters. The van der Waals surface area contributed by atoms with Gasteiger partial charge < -0.3 is 9.64 Å². The van der Waals surface area contributed by atoms with Crippen molar-refractivity contribution < 1.29 is 4.74 Å². The molecule has 1 aliphatic heterocycles. The first kappa shape index (κ1) is 11.0. The molecule has 0 aromatic heterocycles.